The minimum absolute atomic E-state index is 0.117. The highest BCUT2D eigenvalue weighted by molar-refractivity contribution is 5.94. The molecule has 0 aliphatic rings. The zero-order valence-electron chi connectivity index (χ0n) is 22.1. The molecular weight excluding hydrogens is 499 g/mol. The fourth-order valence-electron chi connectivity index (χ4n) is 3.28. The Kier molecular flexibility index (Phi) is 9.93. The summed E-state index contributed by atoms with van der Waals surface area (Å²) in [6, 6.07) is 15.6. The Morgan fingerprint density at radius 2 is 1.53 bits per heavy atom. The molecule has 0 saturated heterocycles. The third-order valence-electron chi connectivity index (χ3n) is 5.44. The highest BCUT2D eigenvalue weighted by Crippen LogP contribution is 2.31. The number of benzene rings is 3. The first-order chi connectivity index (χ1) is 17.8. The van der Waals surface area contributed by atoms with E-state index in [1.54, 1.807) is 56.3 Å². The first kappa shape index (κ1) is 30.2. The smallest absolute Gasteiger partial charge is 0.416 e. The number of halogens is 3. The van der Waals surface area contributed by atoms with Gasteiger partial charge in [-0.25, -0.2) is 4.79 Å². The number of carbonyl (C=O) groups is 2. The van der Waals surface area contributed by atoms with Gasteiger partial charge in [-0.2, -0.15) is 13.2 Å². The summed E-state index contributed by atoms with van der Waals surface area (Å²) in [5, 5.41) is 12.0. The SMILES string of the molecule is CC.Cc1cc(Oc2cccc(C(C)NC(=O)c3ccc(C(F)(F)F)cc3)c2)ccc1OC(C)(C)C(=O)O. The van der Waals surface area contributed by atoms with Crippen LogP contribution < -0.4 is 14.8 Å². The number of aryl methyl sites for hydroxylation is 1. The Hall–Kier alpha value is -4.01. The monoisotopic (exact) mass is 531 g/mol. The number of hydrogen-bond donors (Lipinski definition) is 2. The minimum atomic E-state index is -4.47. The average molecular weight is 532 g/mol. The van der Waals surface area contributed by atoms with Crippen LogP contribution in [0.25, 0.3) is 0 Å². The van der Waals surface area contributed by atoms with Crippen molar-refractivity contribution in [3.8, 4) is 17.2 Å². The number of aliphatic carboxylic acids is 1. The van der Waals surface area contributed by atoms with Crippen molar-refractivity contribution in [3.63, 3.8) is 0 Å². The van der Waals surface area contributed by atoms with Gasteiger partial charge in [0.05, 0.1) is 11.6 Å². The lowest BCUT2D eigenvalue weighted by Crippen LogP contribution is -2.38. The Labute approximate surface area is 220 Å². The second-order valence-corrected chi connectivity index (χ2v) is 8.79. The lowest BCUT2D eigenvalue weighted by Gasteiger charge is -2.23. The molecule has 2 N–H and O–H groups in total. The van der Waals surface area contributed by atoms with E-state index in [1.165, 1.54) is 13.8 Å². The summed E-state index contributed by atoms with van der Waals surface area (Å²) in [5.74, 6) is -0.159. The number of carboxylic acids is 1. The third kappa shape index (κ3) is 7.99. The molecule has 0 aromatic heterocycles. The van der Waals surface area contributed by atoms with Crippen LogP contribution in [0.1, 0.15) is 67.7 Å². The maximum atomic E-state index is 12.7. The van der Waals surface area contributed by atoms with Crippen LogP contribution in [0.5, 0.6) is 17.2 Å². The van der Waals surface area contributed by atoms with E-state index in [1.807, 2.05) is 13.8 Å². The molecule has 0 heterocycles. The summed E-state index contributed by atoms with van der Waals surface area (Å²) in [4.78, 5) is 23.8. The van der Waals surface area contributed by atoms with Gasteiger partial charge >= 0.3 is 12.1 Å². The number of ether oxygens (including phenoxy) is 2. The largest absolute Gasteiger partial charge is 0.478 e. The quantitative estimate of drug-likeness (QED) is 0.313. The van der Waals surface area contributed by atoms with Gasteiger partial charge in [0.1, 0.15) is 17.2 Å². The molecule has 0 radical (unpaired) electrons. The lowest BCUT2D eigenvalue weighted by atomic mass is 10.1. The minimum Gasteiger partial charge on any atom is -0.478 e. The Morgan fingerprint density at radius 3 is 2.08 bits per heavy atom. The predicted molar refractivity (Wildman–Crippen MR) is 139 cm³/mol. The molecule has 0 bridgehead atoms. The van der Waals surface area contributed by atoms with Gasteiger partial charge in [-0.3, -0.25) is 4.79 Å². The van der Waals surface area contributed by atoms with E-state index in [9.17, 15) is 27.9 Å². The van der Waals surface area contributed by atoms with Crippen LogP contribution >= 0.6 is 0 Å². The maximum Gasteiger partial charge on any atom is 0.416 e. The van der Waals surface area contributed by atoms with E-state index in [2.05, 4.69) is 5.32 Å². The molecule has 3 rings (SSSR count). The molecular formula is C29H32F3NO5. The van der Waals surface area contributed by atoms with Gasteiger partial charge in [-0.15, -0.1) is 0 Å². The number of alkyl halides is 3. The van der Waals surface area contributed by atoms with Gasteiger partial charge in [0.15, 0.2) is 5.60 Å². The number of amides is 1. The molecule has 0 aliphatic carbocycles. The molecule has 38 heavy (non-hydrogen) atoms. The molecule has 0 saturated carbocycles. The van der Waals surface area contributed by atoms with Crippen LogP contribution in [0.4, 0.5) is 13.2 Å². The van der Waals surface area contributed by atoms with Crippen molar-refractivity contribution in [1.82, 2.24) is 5.32 Å². The maximum absolute atomic E-state index is 12.7. The molecule has 3 aromatic rings. The molecule has 0 fully saturated rings. The second-order valence-electron chi connectivity index (χ2n) is 8.79. The fraction of sp³-hybridized carbons (Fsp3) is 0.310. The van der Waals surface area contributed by atoms with E-state index in [4.69, 9.17) is 9.47 Å². The topological polar surface area (TPSA) is 84.9 Å². The first-order valence-electron chi connectivity index (χ1n) is 12.1. The molecule has 1 amide bonds. The molecule has 6 nitrogen and oxygen atoms in total. The summed E-state index contributed by atoms with van der Waals surface area (Å²) in [5.41, 5.74) is -0.672. The first-order valence-corrected chi connectivity index (χ1v) is 12.1. The van der Waals surface area contributed by atoms with Crippen molar-refractivity contribution in [2.75, 3.05) is 0 Å². The average Bonchev–Trinajstić information content (AvgIpc) is 2.86. The zero-order valence-corrected chi connectivity index (χ0v) is 22.1. The van der Waals surface area contributed by atoms with E-state index < -0.39 is 35.3 Å². The summed E-state index contributed by atoms with van der Waals surface area (Å²) in [6.45, 7) is 10.4. The van der Waals surface area contributed by atoms with E-state index >= 15 is 0 Å². The molecule has 9 heteroatoms. The Bertz CT molecular complexity index is 1250. The van der Waals surface area contributed by atoms with E-state index in [-0.39, 0.29) is 5.56 Å². The van der Waals surface area contributed by atoms with E-state index in [0.29, 0.717) is 22.8 Å². The normalized spacial score (nSPS) is 12.0. The standard InChI is InChI=1S/C27H26F3NO5.C2H6/c1-16-14-22(12-13-23(16)36-26(3,4)25(33)34)35-21-7-5-6-19(15-21)17(2)31-24(32)18-8-10-20(11-9-18)27(28,29)30;1-2/h5-15,17H,1-4H3,(H,31,32)(H,33,34);1-2H3. The van der Waals surface area contributed by atoms with Gasteiger partial charge in [0.25, 0.3) is 5.91 Å². The summed E-state index contributed by atoms with van der Waals surface area (Å²) in [6.07, 6.45) is -4.47. The summed E-state index contributed by atoms with van der Waals surface area (Å²) < 4.78 is 49.7. The zero-order chi connectivity index (χ0) is 28.7. The summed E-state index contributed by atoms with van der Waals surface area (Å²) >= 11 is 0. The third-order valence-corrected chi connectivity index (χ3v) is 5.44. The van der Waals surface area contributed by atoms with Crippen molar-refractivity contribution in [3.05, 3.63) is 89.0 Å². The Balaban J connectivity index is 0.00000247. The van der Waals surface area contributed by atoms with Gasteiger partial charge in [0.2, 0.25) is 0 Å². The van der Waals surface area contributed by atoms with Crippen LogP contribution in [0.2, 0.25) is 0 Å². The Morgan fingerprint density at radius 1 is 0.921 bits per heavy atom. The van der Waals surface area contributed by atoms with Crippen molar-refractivity contribution in [2.45, 2.75) is 59.4 Å². The molecule has 1 unspecified atom stereocenters. The lowest BCUT2D eigenvalue weighted by molar-refractivity contribution is -0.152. The van der Waals surface area contributed by atoms with Crippen molar-refractivity contribution in [1.29, 1.82) is 0 Å². The highest BCUT2D eigenvalue weighted by atomic mass is 19.4. The molecule has 204 valence electrons. The van der Waals surface area contributed by atoms with Crippen LogP contribution in [0.15, 0.2) is 66.7 Å². The van der Waals surface area contributed by atoms with Gasteiger partial charge in [-0.05, 0) is 93.4 Å². The van der Waals surface area contributed by atoms with Crippen molar-refractivity contribution >= 4 is 11.9 Å². The van der Waals surface area contributed by atoms with E-state index in [0.717, 1.165) is 29.8 Å². The molecule has 0 spiro atoms. The number of carbonyl (C=O) groups excluding carboxylic acids is 1. The van der Waals surface area contributed by atoms with Crippen molar-refractivity contribution < 1.29 is 37.3 Å². The number of carboxylic acid groups (broad SMARTS) is 1. The van der Waals surface area contributed by atoms with Gasteiger partial charge in [-0.1, -0.05) is 26.0 Å². The van der Waals surface area contributed by atoms with Crippen LogP contribution in [-0.2, 0) is 11.0 Å². The predicted octanol–water partition coefficient (Wildman–Crippen LogP) is 7.57. The van der Waals surface area contributed by atoms with Gasteiger partial charge in [0, 0.05) is 5.56 Å². The number of hydrogen-bond acceptors (Lipinski definition) is 4. The van der Waals surface area contributed by atoms with Gasteiger partial charge < -0.3 is 19.9 Å². The van der Waals surface area contributed by atoms with Crippen LogP contribution in [-0.4, -0.2) is 22.6 Å². The van der Waals surface area contributed by atoms with Crippen molar-refractivity contribution in [2.24, 2.45) is 0 Å². The molecule has 3 aromatic carbocycles. The fourth-order valence-corrected chi connectivity index (χ4v) is 3.28. The van der Waals surface area contributed by atoms with Crippen LogP contribution in [0.3, 0.4) is 0 Å². The van der Waals surface area contributed by atoms with Crippen LogP contribution in [0, 0.1) is 6.92 Å². The number of rotatable bonds is 8. The molecule has 0 aliphatic heterocycles. The summed E-state index contributed by atoms with van der Waals surface area (Å²) in [7, 11) is 0. The molecule has 1 atom stereocenters. The second kappa shape index (κ2) is 12.5. The highest BCUT2D eigenvalue weighted by Gasteiger charge is 2.31. The number of nitrogens with one attached hydrogen (secondary N) is 1.